The lowest BCUT2D eigenvalue weighted by Gasteiger charge is -2.24. The van der Waals surface area contributed by atoms with Crippen molar-refractivity contribution in [1.82, 2.24) is 4.90 Å². The van der Waals surface area contributed by atoms with Gasteiger partial charge >= 0.3 is 0 Å². The van der Waals surface area contributed by atoms with Crippen LogP contribution in [0.4, 0.5) is 0 Å². The molecule has 0 aliphatic rings. The number of ether oxygens (including phenoxy) is 1. The van der Waals surface area contributed by atoms with Crippen LogP contribution in [0.5, 0.6) is 5.75 Å². The molecule has 1 aromatic rings. The molecule has 0 unspecified atom stereocenters. The van der Waals surface area contributed by atoms with E-state index in [9.17, 15) is 4.79 Å². The van der Waals surface area contributed by atoms with E-state index in [1.54, 1.807) is 11.9 Å². The number of likely N-dealkylation sites (N-methyl/N-ethyl adjacent to an activating group) is 1. The van der Waals surface area contributed by atoms with Gasteiger partial charge in [-0.05, 0) is 18.9 Å². The fourth-order valence-electron chi connectivity index (χ4n) is 1.80. The number of para-hydroxylation sites is 1. The molecule has 106 valence electrons. The van der Waals surface area contributed by atoms with E-state index in [0.29, 0.717) is 13.2 Å². The van der Waals surface area contributed by atoms with Gasteiger partial charge in [0.1, 0.15) is 5.75 Å². The van der Waals surface area contributed by atoms with Gasteiger partial charge < -0.3 is 15.4 Å². The van der Waals surface area contributed by atoms with Gasteiger partial charge in [0.05, 0.1) is 12.6 Å². The maximum Gasteiger partial charge on any atom is 0.239 e. The molecule has 4 nitrogen and oxygen atoms in total. The molecule has 0 aliphatic heterocycles. The molecule has 2 N–H and O–H groups in total. The maximum atomic E-state index is 12.1. The molecule has 0 radical (unpaired) electrons. The van der Waals surface area contributed by atoms with E-state index in [1.807, 2.05) is 45.0 Å². The van der Waals surface area contributed by atoms with Gasteiger partial charge in [0.2, 0.25) is 5.91 Å². The summed E-state index contributed by atoms with van der Waals surface area (Å²) in [5, 5.41) is 0. The smallest absolute Gasteiger partial charge is 0.239 e. The summed E-state index contributed by atoms with van der Waals surface area (Å²) in [5.74, 6) is 0.918. The Morgan fingerprint density at radius 2 is 2.00 bits per heavy atom. The van der Waals surface area contributed by atoms with E-state index >= 15 is 0 Å². The third-order valence-corrected chi connectivity index (χ3v) is 3.06. The third kappa shape index (κ3) is 4.24. The lowest BCUT2D eigenvalue weighted by atomic mass is 10.0. The minimum atomic E-state index is -0.454. The standard InChI is InChI=1S/C15H24N2O2/c1-5-19-13-9-7-6-8-12(13)10-17(4)15(18)14(16)11(2)3/h6-9,11,14H,5,10,16H2,1-4H3/t14-/m0/s1. The molecule has 0 fully saturated rings. The SMILES string of the molecule is CCOc1ccccc1CN(C)C(=O)[C@@H](N)C(C)C. The van der Waals surface area contributed by atoms with Gasteiger partial charge in [-0.3, -0.25) is 4.79 Å². The van der Waals surface area contributed by atoms with Gasteiger partial charge in [-0.1, -0.05) is 32.0 Å². The number of benzene rings is 1. The first-order valence-corrected chi connectivity index (χ1v) is 6.68. The molecule has 0 saturated heterocycles. The first kappa shape index (κ1) is 15.5. The summed E-state index contributed by atoms with van der Waals surface area (Å²) in [5.41, 5.74) is 6.89. The predicted molar refractivity (Wildman–Crippen MR) is 76.9 cm³/mol. The molecule has 19 heavy (non-hydrogen) atoms. The molecule has 0 aliphatic carbocycles. The fraction of sp³-hybridized carbons (Fsp3) is 0.533. The quantitative estimate of drug-likeness (QED) is 0.855. The van der Waals surface area contributed by atoms with Crippen molar-refractivity contribution in [2.75, 3.05) is 13.7 Å². The van der Waals surface area contributed by atoms with Crippen molar-refractivity contribution >= 4 is 5.91 Å². The number of hydrogen-bond donors (Lipinski definition) is 1. The van der Waals surface area contributed by atoms with E-state index in [0.717, 1.165) is 11.3 Å². The van der Waals surface area contributed by atoms with Gasteiger partial charge in [0, 0.05) is 19.2 Å². The molecule has 0 saturated carbocycles. The Morgan fingerprint density at radius 3 is 2.58 bits per heavy atom. The molecule has 0 heterocycles. The second kappa shape index (κ2) is 7.14. The number of hydrogen-bond acceptors (Lipinski definition) is 3. The lowest BCUT2D eigenvalue weighted by molar-refractivity contribution is -0.132. The van der Waals surface area contributed by atoms with Gasteiger partial charge in [0.15, 0.2) is 0 Å². The molecule has 1 rings (SSSR count). The second-order valence-corrected chi connectivity index (χ2v) is 5.00. The summed E-state index contributed by atoms with van der Waals surface area (Å²) in [7, 11) is 1.77. The Morgan fingerprint density at radius 1 is 1.37 bits per heavy atom. The van der Waals surface area contributed by atoms with Crippen LogP contribution < -0.4 is 10.5 Å². The van der Waals surface area contributed by atoms with Gasteiger partial charge in [0.25, 0.3) is 0 Å². The Bertz CT molecular complexity index is 418. The van der Waals surface area contributed by atoms with Crippen molar-refractivity contribution < 1.29 is 9.53 Å². The van der Waals surface area contributed by atoms with E-state index in [4.69, 9.17) is 10.5 Å². The zero-order chi connectivity index (χ0) is 14.4. The molecule has 0 aromatic heterocycles. The number of carbonyl (C=O) groups is 1. The lowest BCUT2D eigenvalue weighted by Crippen LogP contribution is -2.44. The third-order valence-electron chi connectivity index (χ3n) is 3.06. The van der Waals surface area contributed by atoms with Crippen LogP contribution in [0.1, 0.15) is 26.3 Å². The van der Waals surface area contributed by atoms with Crippen molar-refractivity contribution in [3.8, 4) is 5.75 Å². The Labute approximate surface area is 115 Å². The molecule has 1 aromatic carbocycles. The highest BCUT2D eigenvalue weighted by molar-refractivity contribution is 5.81. The second-order valence-electron chi connectivity index (χ2n) is 5.00. The first-order valence-electron chi connectivity index (χ1n) is 6.68. The van der Waals surface area contributed by atoms with Crippen LogP contribution in [-0.2, 0) is 11.3 Å². The first-order chi connectivity index (χ1) is 8.97. The van der Waals surface area contributed by atoms with Crippen molar-refractivity contribution in [2.24, 2.45) is 11.7 Å². The van der Waals surface area contributed by atoms with E-state index in [1.165, 1.54) is 0 Å². The van der Waals surface area contributed by atoms with Crippen LogP contribution >= 0.6 is 0 Å². The average Bonchev–Trinajstić information content (AvgIpc) is 2.39. The van der Waals surface area contributed by atoms with Gasteiger partial charge in [-0.2, -0.15) is 0 Å². The van der Waals surface area contributed by atoms with Crippen LogP contribution in [0, 0.1) is 5.92 Å². The number of nitrogens with two attached hydrogens (primary N) is 1. The largest absolute Gasteiger partial charge is 0.494 e. The van der Waals surface area contributed by atoms with Crippen LogP contribution in [0.25, 0.3) is 0 Å². The molecule has 1 amide bonds. The summed E-state index contributed by atoms with van der Waals surface area (Å²) >= 11 is 0. The van der Waals surface area contributed by atoms with Crippen molar-refractivity contribution in [3.05, 3.63) is 29.8 Å². The number of amides is 1. The predicted octanol–water partition coefficient (Wildman–Crippen LogP) is 2.03. The van der Waals surface area contributed by atoms with E-state index in [2.05, 4.69) is 0 Å². The van der Waals surface area contributed by atoms with Crippen LogP contribution in [0.3, 0.4) is 0 Å². The molecule has 4 heteroatoms. The highest BCUT2D eigenvalue weighted by Crippen LogP contribution is 2.19. The summed E-state index contributed by atoms with van der Waals surface area (Å²) in [4.78, 5) is 13.8. The molecule has 0 spiro atoms. The summed E-state index contributed by atoms with van der Waals surface area (Å²) in [6.45, 7) is 6.96. The van der Waals surface area contributed by atoms with Crippen LogP contribution in [0.15, 0.2) is 24.3 Å². The van der Waals surface area contributed by atoms with Gasteiger partial charge in [-0.15, -0.1) is 0 Å². The van der Waals surface area contributed by atoms with Crippen molar-refractivity contribution in [1.29, 1.82) is 0 Å². The molecule has 1 atom stereocenters. The number of rotatable bonds is 6. The number of nitrogens with zero attached hydrogens (tertiary/aromatic N) is 1. The highest BCUT2D eigenvalue weighted by Gasteiger charge is 2.21. The number of carbonyl (C=O) groups excluding carboxylic acids is 1. The van der Waals surface area contributed by atoms with E-state index in [-0.39, 0.29) is 11.8 Å². The van der Waals surface area contributed by atoms with Crippen LogP contribution in [-0.4, -0.2) is 30.5 Å². The summed E-state index contributed by atoms with van der Waals surface area (Å²) < 4.78 is 5.56. The van der Waals surface area contributed by atoms with E-state index < -0.39 is 6.04 Å². The summed E-state index contributed by atoms with van der Waals surface area (Å²) in [6.07, 6.45) is 0. The Balaban J connectivity index is 2.76. The minimum absolute atomic E-state index is 0.0405. The maximum absolute atomic E-state index is 12.1. The van der Waals surface area contributed by atoms with Gasteiger partial charge in [-0.25, -0.2) is 0 Å². The highest BCUT2D eigenvalue weighted by atomic mass is 16.5. The zero-order valence-electron chi connectivity index (χ0n) is 12.2. The Kier molecular flexibility index (Phi) is 5.83. The average molecular weight is 264 g/mol. The minimum Gasteiger partial charge on any atom is -0.494 e. The topological polar surface area (TPSA) is 55.6 Å². The summed E-state index contributed by atoms with van der Waals surface area (Å²) in [6, 6.07) is 7.30. The molecular weight excluding hydrogens is 240 g/mol. The normalized spacial score (nSPS) is 12.3. The Hall–Kier alpha value is -1.55. The monoisotopic (exact) mass is 264 g/mol. The van der Waals surface area contributed by atoms with Crippen LogP contribution in [0.2, 0.25) is 0 Å². The zero-order valence-corrected chi connectivity index (χ0v) is 12.2. The fourth-order valence-corrected chi connectivity index (χ4v) is 1.80. The van der Waals surface area contributed by atoms with Crippen molar-refractivity contribution in [3.63, 3.8) is 0 Å². The molecule has 0 bridgehead atoms. The van der Waals surface area contributed by atoms with Crippen molar-refractivity contribution in [2.45, 2.75) is 33.4 Å². The molecular formula is C15H24N2O2.